The summed E-state index contributed by atoms with van der Waals surface area (Å²) in [6, 6.07) is 11.2. The van der Waals surface area contributed by atoms with Crippen LogP contribution in [0, 0.1) is 6.92 Å². The summed E-state index contributed by atoms with van der Waals surface area (Å²) >= 11 is 0. The van der Waals surface area contributed by atoms with E-state index in [9.17, 15) is 19.2 Å². The lowest BCUT2D eigenvalue weighted by atomic mass is 10.1. The Morgan fingerprint density at radius 2 is 1.58 bits per heavy atom. The monoisotopic (exact) mass is 351 g/mol. The van der Waals surface area contributed by atoms with E-state index < -0.39 is 17.7 Å². The normalized spacial score (nSPS) is 12.8. The number of rotatable bonds is 4. The van der Waals surface area contributed by atoms with Gasteiger partial charge in [0.15, 0.2) is 0 Å². The van der Waals surface area contributed by atoms with Gasteiger partial charge in [-0.1, -0.05) is 25.1 Å². The van der Waals surface area contributed by atoms with Crippen LogP contribution in [0.15, 0.2) is 42.5 Å². The molecule has 0 aliphatic carbocycles. The van der Waals surface area contributed by atoms with E-state index in [1.165, 1.54) is 12.1 Å². The molecule has 132 valence electrons. The highest BCUT2D eigenvalue weighted by molar-refractivity contribution is 6.22. The number of amides is 4. The van der Waals surface area contributed by atoms with Crippen LogP contribution in [0.1, 0.15) is 50.0 Å². The topological polar surface area (TPSA) is 95.6 Å². The Morgan fingerprint density at radius 3 is 2.15 bits per heavy atom. The molecule has 2 aromatic rings. The van der Waals surface area contributed by atoms with Gasteiger partial charge in [0.2, 0.25) is 5.91 Å². The van der Waals surface area contributed by atoms with Crippen molar-refractivity contribution in [3.05, 3.63) is 64.7 Å². The van der Waals surface area contributed by atoms with Crippen molar-refractivity contribution in [1.29, 1.82) is 0 Å². The maximum absolute atomic E-state index is 12.6. The van der Waals surface area contributed by atoms with Crippen LogP contribution in [0.4, 0.5) is 5.69 Å². The summed E-state index contributed by atoms with van der Waals surface area (Å²) in [6.45, 7) is 3.41. The Labute approximate surface area is 150 Å². The number of hydrogen-bond donors (Lipinski definition) is 2. The molecule has 26 heavy (non-hydrogen) atoms. The van der Waals surface area contributed by atoms with Gasteiger partial charge in [-0.15, -0.1) is 0 Å². The largest absolute Gasteiger partial charge is 0.326 e. The molecule has 7 nitrogen and oxygen atoms in total. The molecular formula is C19H17N3O4. The molecule has 2 aromatic carbocycles. The quantitative estimate of drug-likeness (QED) is 0.826. The maximum Gasteiger partial charge on any atom is 0.280 e. The van der Waals surface area contributed by atoms with E-state index in [0.717, 1.165) is 0 Å². The van der Waals surface area contributed by atoms with Gasteiger partial charge in [0.25, 0.3) is 17.7 Å². The number of nitrogens with one attached hydrogen (secondary N) is 2. The second-order valence-corrected chi connectivity index (χ2v) is 5.81. The minimum atomic E-state index is -0.607. The third-order valence-electron chi connectivity index (χ3n) is 4.18. The molecule has 0 aromatic heterocycles. The number of nitrogens with zero attached hydrogens (tertiary/aromatic N) is 1. The van der Waals surface area contributed by atoms with Gasteiger partial charge in [-0.2, -0.15) is 5.01 Å². The van der Waals surface area contributed by atoms with Crippen LogP contribution in [0.25, 0.3) is 0 Å². The van der Waals surface area contributed by atoms with E-state index in [1.54, 1.807) is 44.2 Å². The van der Waals surface area contributed by atoms with Crippen molar-refractivity contribution >= 4 is 29.3 Å². The van der Waals surface area contributed by atoms with E-state index in [2.05, 4.69) is 10.7 Å². The molecule has 1 aliphatic rings. The number of hydrazine groups is 1. The third kappa shape index (κ3) is 2.95. The van der Waals surface area contributed by atoms with Gasteiger partial charge >= 0.3 is 0 Å². The summed E-state index contributed by atoms with van der Waals surface area (Å²) < 4.78 is 0. The molecule has 0 saturated carbocycles. The van der Waals surface area contributed by atoms with Crippen molar-refractivity contribution in [3.63, 3.8) is 0 Å². The van der Waals surface area contributed by atoms with Crippen LogP contribution in [-0.2, 0) is 4.79 Å². The van der Waals surface area contributed by atoms with Crippen LogP contribution in [0.3, 0.4) is 0 Å². The van der Waals surface area contributed by atoms with Crippen LogP contribution in [0.2, 0.25) is 0 Å². The summed E-state index contributed by atoms with van der Waals surface area (Å²) in [5.74, 6) is -1.94. The average molecular weight is 351 g/mol. The number of fused-ring (bicyclic) bond motifs is 1. The van der Waals surface area contributed by atoms with Crippen molar-refractivity contribution in [1.82, 2.24) is 10.4 Å². The van der Waals surface area contributed by atoms with Crippen molar-refractivity contribution in [3.8, 4) is 0 Å². The summed E-state index contributed by atoms with van der Waals surface area (Å²) in [4.78, 5) is 48.9. The van der Waals surface area contributed by atoms with Gasteiger partial charge in [-0.3, -0.25) is 24.6 Å². The number of carbonyl (C=O) groups is 4. The average Bonchev–Trinajstić information content (AvgIpc) is 2.88. The second kappa shape index (κ2) is 6.79. The van der Waals surface area contributed by atoms with Gasteiger partial charge in [-0.25, -0.2) is 0 Å². The van der Waals surface area contributed by atoms with Crippen LogP contribution in [0.5, 0.6) is 0 Å². The van der Waals surface area contributed by atoms with Gasteiger partial charge in [0, 0.05) is 17.7 Å². The zero-order chi connectivity index (χ0) is 18.8. The molecular weight excluding hydrogens is 334 g/mol. The Hall–Kier alpha value is -3.48. The van der Waals surface area contributed by atoms with E-state index in [1.807, 2.05) is 0 Å². The molecule has 1 heterocycles. The Kier molecular flexibility index (Phi) is 4.53. The maximum atomic E-state index is 12.6. The first kappa shape index (κ1) is 17.3. The molecule has 0 radical (unpaired) electrons. The van der Waals surface area contributed by atoms with Crippen molar-refractivity contribution in [2.45, 2.75) is 20.3 Å². The fraction of sp³-hybridized carbons (Fsp3) is 0.158. The number of imide groups is 1. The zero-order valence-corrected chi connectivity index (χ0v) is 14.3. The fourth-order valence-corrected chi connectivity index (χ4v) is 2.71. The summed E-state index contributed by atoms with van der Waals surface area (Å²) in [5, 5.41) is 3.43. The standard InChI is InChI=1S/C19H17N3O4/c1-3-16(23)20-15-10-6-9-12(11(15)2)17(24)21-22-18(25)13-7-4-5-8-14(13)19(22)26/h4-10H,3H2,1-2H3,(H,20,23)(H,21,24). The molecule has 1 aliphatic heterocycles. The lowest BCUT2D eigenvalue weighted by molar-refractivity contribution is -0.115. The smallest absolute Gasteiger partial charge is 0.280 e. The number of hydrogen-bond acceptors (Lipinski definition) is 4. The van der Waals surface area contributed by atoms with E-state index in [-0.39, 0.29) is 22.6 Å². The first-order valence-electron chi connectivity index (χ1n) is 8.12. The first-order chi connectivity index (χ1) is 12.4. The van der Waals surface area contributed by atoms with Crippen molar-refractivity contribution in [2.24, 2.45) is 0 Å². The van der Waals surface area contributed by atoms with Gasteiger partial charge in [0.05, 0.1) is 11.1 Å². The predicted octanol–water partition coefficient (Wildman–Crippen LogP) is 2.28. The molecule has 0 unspecified atom stereocenters. The Balaban J connectivity index is 1.84. The summed E-state index contributed by atoms with van der Waals surface area (Å²) in [5.41, 5.74) is 4.17. The van der Waals surface area contributed by atoms with E-state index in [0.29, 0.717) is 22.7 Å². The molecule has 4 amide bonds. The molecule has 0 saturated heterocycles. The van der Waals surface area contributed by atoms with Crippen LogP contribution < -0.4 is 10.7 Å². The molecule has 3 rings (SSSR count). The Bertz CT molecular complexity index is 901. The van der Waals surface area contributed by atoms with Crippen molar-refractivity contribution in [2.75, 3.05) is 5.32 Å². The van der Waals surface area contributed by atoms with Crippen LogP contribution >= 0.6 is 0 Å². The lowest BCUT2D eigenvalue weighted by Gasteiger charge is -2.17. The van der Waals surface area contributed by atoms with Gasteiger partial charge < -0.3 is 5.32 Å². The van der Waals surface area contributed by atoms with Gasteiger partial charge in [-0.05, 0) is 36.8 Å². The van der Waals surface area contributed by atoms with E-state index >= 15 is 0 Å². The first-order valence-corrected chi connectivity index (χ1v) is 8.12. The summed E-state index contributed by atoms with van der Waals surface area (Å²) in [6.07, 6.45) is 0.310. The zero-order valence-electron chi connectivity index (χ0n) is 14.3. The van der Waals surface area contributed by atoms with Crippen molar-refractivity contribution < 1.29 is 19.2 Å². The summed E-state index contributed by atoms with van der Waals surface area (Å²) in [7, 11) is 0. The second-order valence-electron chi connectivity index (χ2n) is 5.81. The lowest BCUT2D eigenvalue weighted by Crippen LogP contribution is -2.46. The number of anilines is 1. The van der Waals surface area contributed by atoms with Crippen LogP contribution in [-0.4, -0.2) is 28.6 Å². The minimum absolute atomic E-state index is 0.175. The fourth-order valence-electron chi connectivity index (χ4n) is 2.71. The highest BCUT2D eigenvalue weighted by atomic mass is 16.2. The number of carbonyl (C=O) groups excluding carboxylic acids is 4. The predicted molar refractivity (Wildman–Crippen MR) is 94.5 cm³/mol. The SMILES string of the molecule is CCC(=O)Nc1cccc(C(=O)NN2C(=O)c3ccccc3C2=O)c1C. The van der Waals surface area contributed by atoms with Gasteiger partial charge in [0.1, 0.15) is 0 Å². The number of benzene rings is 2. The highest BCUT2D eigenvalue weighted by Crippen LogP contribution is 2.22. The minimum Gasteiger partial charge on any atom is -0.326 e. The molecule has 0 spiro atoms. The molecule has 0 fully saturated rings. The molecule has 2 N–H and O–H groups in total. The Morgan fingerprint density at radius 1 is 0.962 bits per heavy atom. The molecule has 7 heteroatoms. The van der Waals surface area contributed by atoms with E-state index in [4.69, 9.17) is 0 Å². The molecule has 0 bridgehead atoms. The third-order valence-corrected chi connectivity index (χ3v) is 4.18. The highest BCUT2D eigenvalue weighted by Gasteiger charge is 2.36. The molecule has 0 atom stereocenters.